The van der Waals surface area contributed by atoms with Crippen LogP contribution in [0.2, 0.25) is 0 Å². The van der Waals surface area contributed by atoms with Crippen LogP contribution in [0.15, 0.2) is 10.5 Å². The monoisotopic (exact) mass is 322 g/mol. The summed E-state index contributed by atoms with van der Waals surface area (Å²) >= 11 is 1.32. The number of carbonyl (C=O) groups is 1. The van der Waals surface area contributed by atoms with Crippen molar-refractivity contribution in [3.05, 3.63) is 28.4 Å². The minimum atomic E-state index is -0.358. The average molecular weight is 322 g/mol. The van der Waals surface area contributed by atoms with E-state index in [-0.39, 0.29) is 17.9 Å². The molecule has 3 heterocycles. The second kappa shape index (κ2) is 6.13. The Labute approximate surface area is 132 Å². The van der Waals surface area contributed by atoms with E-state index in [1.807, 2.05) is 20.8 Å². The number of ether oxygens (including phenoxy) is 1. The number of aryl methyl sites for hydroxylation is 1. The molecule has 0 N–H and O–H groups in total. The van der Waals surface area contributed by atoms with Gasteiger partial charge in [-0.25, -0.2) is 0 Å². The minimum Gasteiger partial charge on any atom is -0.423 e. The van der Waals surface area contributed by atoms with Gasteiger partial charge in [0.25, 0.3) is 5.91 Å². The van der Waals surface area contributed by atoms with Crippen LogP contribution in [0.3, 0.4) is 0 Å². The van der Waals surface area contributed by atoms with E-state index in [0.717, 1.165) is 4.88 Å². The highest BCUT2D eigenvalue weighted by molar-refractivity contribution is 7.05. The van der Waals surface area contributed by atoms with E-state index in [1.165, 1.54) is 11.5 Å². The molecule has 3 rings (SSSR count). The number of aromatic nitrogens is 3. The van der Waals surface area contributed by atoms with E-state index in [0.29, 0.717) is 37.2 Å². The zero-order chi connectivity index (χ0) is 15.7. The van der Waals surface area contributed by atoms with E-state index >= 15 is 0 Å². The fraction of sp³-hybridized carbons (Fsp3) is 0.571. The molecule has 0 bridgehead atoms. The molecule has 2 aromatic heterocycles. The first-order valence-corrected chi connectivity index (χ1v) is 7.99. The average Bonchev–Trinajstić information content (AvgIpc) is 3.15. The zero-order valence-electron chi connectivity index (χ0n) is 12.8. The molecule has 1 aliphatic rings. The molecule has 0 spiro atoms. The highest BCUT2D eigenvalue weighted by Gasteiger charge is 2.34. The second-order valence-corrected chi connectivity index (χ2v) is 6.55. The Morgan fingerprint density at radius 1 is 1.45 bits per heavy atom. The number of morpholine rings is 1. The highest BCUT2D eigenvalue weighted by Crippen LogP contribution is 2.26. The van der Waals surface area contributed by atoms with Gasteiger partial charge in [-0.15, -0.1) is 10.2 Å². The first-order valence-electron chi connectivity index (χ1n) is 7.21. The maximum atomic E-state index is 12.7. The Morgan fingerprint density at radius 3 is 2.91 bits per heavy atom. The van der Waals surface area contributed by atoms with E-state index < -0.39 is 0 Å². The highest BCUT2D eigenvalue weighted by atomic mass is 32.1. The standard InChI is InChI=1S/C14H18N4O3S/c1-8(2)12-15-16-13(21-12)11-7-20-5-4-18(11)14(19)10-6-9(3)22-17-10/h6,8,11H,4-5,7H2,1-3H3. The van der Waals surface area contributed by atoms with Crippen LogP contribution in [0.5, 0.6) is 0 Å². The quantitative estimate of drug-likeness (QED) is 0.861. The second-order valence-electron chi connectivity index (χ2n) is 5.55. The van der Waals surface area contributed by atoms with Gasteiger partial charge < -0.3 is 14.1 Å². The molecule has 0 saturated carbocycles. The van der Waals surface area contributed by atoms with Crippen LogP contribution in [-0.4, -0.2) is 45.1 Å². The van der Waals surface area contributed by atoms with Gasteiger partial charge >= 0.3 is 0 Å². The number of carbonyl (C=O) groups excluding carboxylic acids is 1. The summed E-state index contributed by atoms with van der Waals surface area (Å²) in [4.78, 5) is 15.4. The molecule has 0 radical (unpaired) electrons. The van der Waals surface area contributed by atoms with E-state index in [9.17, 15) is 4.79 Å². The minimum absolute atomic E-state index is 0.123. The van der Waals surface area contributed by atoms with E-state index in [4.69, 9.17) is 9.15 Å². The summed E-state index contributed by atoms with van der Waals surface area (Å²) in [5, 5.41) is 8.12. The van der Waals surface area contributed by atoms with Gasteiger partial charge in [-0.2, -0.15) is 4.37 Å². The third-order valence-corrected chi connectivity index (χ3v) is 4.17. The maximum absolute atomic E-state index is 12.7. The molecule has 1 amide bonds. The molecular formula is C14H18N4O3S. The van der Waals surface area contributed by atoms with Crippen molar-refractivity contribution in [2.24, 2.45) is 0 Å². The van der Waals surface area contributed by atoms with Gasteiger partial charge in [0.2, 0.25) is 11.8 Å². The lowest BCUT2D eigenvalue weighted by molar-refractivity contribution is -0.0110. The van der Waals surface area contributed by atoms with E-state index in [2.05, 4.69) is 14.6 Å². The van der Waals surface area contributed by atoms with Crippen LogP contribution in [-0.2, 0) is 4.74 Å². The van der Waals surface area contributed by atoms with Crippen molar-refractivity contribution in [3.63, 3.8) is 0 Å². The molecule has 1 fully saturated rings. The van der Waals surface area contributed by atoms with Crippen molar-refractivity contribution in [2.45, 2.75) is 32.7 Å². The summed E-state index contributed by atoms with van der Waals surface area (Å²) in [6, 6.07) is 1.44. The fourth-order valence-corrected chi connectivity index (χ4v) is 2.82. The van der Waals surface area contributed by atoms with Gasteiger partial charge in [-0.05, 0) is 24.5 Å². The van der Waals surface area contributed by atoms with Gasteiger partial charge in [0.1, 0.15) is 11.7 Å². The number of amides is 1. The molecule has 22 heavy (non-hydrogen) atoms. The Hall–Kier alpha value is -1.80. The largest absolute Gasteiger partial charge is 0.423 e. The van der Waals surface area contributed by atoms with Crippen molar-refractivity contribution in [1.82, 2.24) is 19.5 Å². The lowest BCUT2D eigenvalue weighted by Gasteiger charge is -2.32. The molecular weight excluding hydrogens is 304 g/mol. The Kier molecular flexibility index (Phi) is 4.21. The summed E-state index contributed by atoms with van der Waals surface area (Å²) in [6.07, 6.45) is 0. The number of hydrogen-bond donors (Lipinski definition) is 0. The molecule has 1 aliphatic heterocycles. The molecule has 8 heteroatoms. The molecule has 0 aromatic carbocycles. The molecule has 7 nitrogen and oxygen atoms in total. The summed E-state index contributed by atoms with van der Waals surface area (Å²) < 4.78 is 15.4. The van der Waals surface area contributed by atoms with Crippen LogP contribution >= 0.6 is 11.5 Å². The Morgan fingerprint density at radius 2 is 2.27 bits per heavy atom. The molecule has 1 saturated heterocycles. The smallest absolute Gasteiger partial charge is 0.274 e. The predicted octanol–water partition coefficient (Wildman–Crippen LogP) is 2.17. The number of hydrogen-bond acceptors (Lipinski definition) is 7. The topological polar surface area (TPSA) is 81.4 Å². The molecule has 1 unspecified atom stereocenters. The number of nitrogens with zero attached hydrogens (tertiary/aromatic N) is 4. The van der Waals surface area contributed by atoms with Crippen LogP contribution in [0.25, 0.3) is 0 Å². The van der Waals surface area contributed by atoms with Crippen molar-refractivity contribution in [1.29, 1.82) is 0 Å². The first kappa shape index (κ1) is 15.1. The summed E-state index contributed by atoms with van der Waals surface area (Å²) in [6.45, 7) is 7.23. The fourth-order valence-electron chi connectivity index (χ4n) is 2.28. The van der Waals surface area contributed by atoms with Crippen LogP contribution in [0, 0.1) is 6.92 Å². The normalized spacial score (nSPS) is 18.9. The summed E-state index contributed by atoms with van der Waals surface area (Å²) in [5.74, 6) is 1.01. The first-order chi connectivity index (χ1) is 10.6. The predicted molar refractivity (Wildman–Crippen MR) is 79.8 cm³/mol. The molecule has 2 aromatic rings. The molecule has 1 atom stereocenters. The number of rotatable bonds is 3. The maximum Gasteiger partial charge on any atom is 0.274 e. The molecule has 0 aliphatic carbocycles. The van der Waals surface area contributed by atoms with Gasteiger partial charge in [0.15, 0.2) is 0 Å². The summed E-state index contributed by atoms with van der Waals surface area (Å²) in [7, 11) is 0. The van der Waals surface area contributed by atoms with Crippen LogP contribution < -0.4 is 0 Å². The zero-order valence-corrected chi connectivity index (χ0v) is 13.6. The third kappa shape index (κ3) is 2.89. The van der Waals surface area contributed by atoms with Gasteiger partial charge in [-0.1, -0.05) is 13.8 Å². The molecule has 118 valence electrons. The third-order valence-electron chi connectivity index (χ3n) is 3.47. The van der Waals surface area contributed by atoms with Crippen LogP contribution in [0.1, 0.15) is 53.0 Å². The van der Waals surface area contributed by atoms with Crippen molar-refractivity contribution in [3.8, 4) is 0 Å². The van der Waals surface area contributed by atoms with Gasteiger partial charge in [0.05, 0.1) is 13.2 Å². The lowest BCUT2D eigenvalue weighted by atomic mass is 10.2. The van der Waals surface area contributed by atoms with Crippen LogP contribution in [0.4, 0.5) is 0 Å². The summed E-state index contributed by atoms with van der Waals surface area (Å²) in [5.41, 5.74) is 0.456. The lowest BCUT2D eigenvalue weighted by Crippen LogP contribution is -2.43. The Bertz CT molecular complexity index is 667. The van der Waals surface area contributed by atoms with Crippen molar-refractivity contribution >= 4 is 17.4 Å². The van der Waals surface area contributed by atoms with E-state index in [1.54, 1.807) is 11.0 Å². The van der Waals surface area contributed by atoms with Gasteiger partial charge in [0, 0.05) is 17.3 Å². The van der Waals surface area contributed by atoms with Crippen molar-refractivity contribution in [2.75, 3.05) is 19.8 Å². The van der Waals surface area contributed by atoms with Gasteiger partial charge in [-0.3, -0.25) is 4.79 Å². The SMILES string of the molecule is Cc1cc(C(=O)N2CCOCC2c2nnc(C(C)C)o2)ns1. The van der Waals surface area contributed by atoms with Crippen molar-refractivity contribution < 1.29 is 13.9 Å². The Balaban J connectivity index is 1.85.